The Morgan fingerprint density at radius 3 is 2.73 bits per heavy atom. The van der Waals surface area contributed by atoms with Crippen LogP contribution < -0.4 is 0 Å². The lowest BCUT2D eigenvalue weighted by Crippen LogP contribution is -2.30. The van der Waals surface area contributed by atoms with Crippen molar-refractivity contribution in [2.24, 2.45) is 0 Å². The Morgan fingerprint density at radius 1 is 1.27 bits per heavy atom. The molecule has 2 aromatic heterocycles. The van der Waals surface area contributed by atoms with Gasteiger partial charge in [-0.1, -0.05) is 19.3 Å². The van der Waals surface area contributed by atoms with E-state index in [0.29, 0.717) is 37.7 Å². The maximum atomic E-state index is 12.3. The van der Waals surface area contributed by atoms with Crippen molar-refractivity contribution in [2.75, 3.05) is 13.6 Å². The number of hydrogen-bond acceptors (Lipinski definition) is 5. The lowest BCUT2D eigenvalue weighted by atomic mass is 9.89. The molecule has 0 aliphatic heterocycles. The van der Waals surface area contributed by atoms with Crippen LogP contribution in [0.1, 0.15) is 67.6 Å². The van der Waals surface area contributed by atoms with Gasteiger partial charge in [-0.2, -0.15) is 5.10 Å². The molecule has 0 saturated heterocycles. The minimum Gasteiger partial charge on any atom is -0.425 e. The van der Waals surface area contributed by atoms with Gasteiger partial charge in [-0.15, -0.1) is 10.2 Å². The highest BCUT2D eigenvalue weighted by Crippen LogP contribution is 2.31. The van der Waals surface area contributed by atoms with Crippen molar-refractivity contribution in [2.45, 2.75) is 71.3 Å². The molecule has 26 heavy (non-hydrogen) atoms. The lowest BCUT2D eigenvalue weighted by molar-refractivity contribution is -0.130. The highest BCUT2D eigenvalue weighted by atomic mass is 16.4. The van der Waals surface area contributed by atoms with E-state index in [1.807, 2.05) is 31.6 Å². The summed E-state index contributed by atoms with van der Waals surface area (Å²) in [5.41, 5.74) is 2.12. The number of hydrogen-bond donors (Lipinski definition) is 0. The minimum absolute atomic E-state index is 0.0870. The first-order chi connectivity index (χ1) is 12.5. The van der Waals surface area contributed by atoms with Crippen molar-refractivity contribution in [1.29, 1.82) is 0 Å². The minimum atomic E-state index is 0.0870. The smallest absolute Gasteiger partial charge is 0.222 e. The van der Waals surface area contributed by atoms with Crippen LogP contribution in [0.4, 0.5) is 0 Å². The van der Waals surface area contributed by atoms with Gasteiger partial charge in [0.25, 0.3) is 0 Å². The monoisotopic (exact) mass is 359 g/mol. The fourth-order valence-electron chi connectivity index (χ4n) is 3.56. The normalized spacial score (nSPS) is 15.3. The zero-order valence-corrected chi connectivity index (χ0v) is 16.1. The third-order valence-corrected chi connectivity index (χ3v) is 5.17. The van der Waals surface area contributed by atoms with Crippen molar-refractivity contribution in [3.63, 3.8) is 0 Å². The lowest BCUT2D eigenvalue weighted by Gasteiger charge is -2.17. The van der Waals surface area contributed by atoms with Gasteiger partial charge >= 0.3 is 0 Å². The van der Waals surface area contributed by atoms with Crippen molar-refractivity contribution >= 4 is 5.91 Å². The second kappa shape index (κ2) is 8.47. The molecule has 7 heteroatoms. The molecule has 0 bridgehead atoms. The molecule has 2 aromatic rings. The predicted octanol–water partition coefficient (Wildman–Crippen LogP) is 3.02. The van der Waals surface area contributed by atoms with Gasteiger partial charge in [-0.3, -0.25) is 9.48 Å². The van der Waals surface area contributed by atoms with E-state index in [-0.39, 0.29) is 5.91 Å². The van der Waals surface area contributed by atoms with Crippen LogP contribution in [0.3, 0.4) is 0 Å². The molecule has 3 rings (SSSR count). The van der Waals surface area contributed by atoms with E-state index >= 15 is 0 Å². The first-order valence-electron chi connectivity index (χ1n) is 9.60. The molecule has 1 aliphatic rings. The quantitative estimate of drug-likeness (QED) is 0.759. The highest BCUT2D eigenvalue weighted by Gasteiger charge is 2.21. The van der Waals surface area contributed by atoms with Gasteiger partial charge in [0.05, 0.1) is 12.2 Å². The molecule has 142 valence electrons. The first-order valence-corrected chi connectivity index (χ1v) is 9.60. The van der Waals surface area contributed by atoms with Gasteiger partial charge in [0.15, 0.2) is 0 Å². The molecule has 0 radical (unpaired) electrons. The Balaban J connectivity index is 1.44. The van der Waals surface area contributed by atoms with E-state index in [1.165, 1.54) is 19.3 Å². The summed E-state index contributed by atoms with van der Waals surface area (Å²) in [6.45, 7) is 5.35. The summed E-state index contributed by atoms with van der Waals surface area (Å²) in [6, 6.07) is 2.04. The summed E-state index contributed by atoms with van der Waals surface area (Å²) in [6.07, 6.45) is 6.94. The van der Waals surface area contributed by atoms with Crippen LogP contribution in [0.15, 0.2) is 10.5 Å². The van der Waals surface area contributed by atoms with Crippen molar-refractivity contribution in [1.82, 2.24) is 24.9 Å². The molecule has 1 fully saturated rings. The number of carbonyl (C=O) groups is 1. The zero-order valence-electron chi connectivity index (χ0n) is 16.1. The fraction of sp³-hybridized carbons (Fsp3) is 0.684. The highest BCUT2D eigenvalue weighted by molar-refractivity contribution is 5.75. The van der Waals surface area contributed by atoms with E-state index in [9.17, 15) is 4.79 Å². The molecule has 7 nitrogen and oxygen atoms in total. The van der Waals surface area contributed by atoms with E-state index in [0.717, 1.165) is 30.1 Å². The average Bonchev–Trinajstić information content (AvgIpc) is 3.24. The van der Waals surface area contributed by atoms with E-state index < -0.39 is 0 Å². The first kappa shape index (κ1) is 18.6. The number of likely N-dealkylation sites (N-methyl/N-ethyl adjacent to an activating group) is 1. The van der Waals surface area contributed by atoms with Crippen LogP contribution in [-0.4, -0.2) is 44.4 Å². The Labute approximate surface area is 154 Å². The maximum Gasteiger partial charge on any atom is 0.222 e. The van der Waals surface area contributed by atoms with Gasteiger partial charge in [0, 0.05) is 38.0 Å². The molecule has 0 atom stereocenters. The van der Waals surface area contributed by atoms with Gasteiger partial charge in [0.2, 0.25) is 17.7 Å². The van der Waals surface area contributed by atoms with Crippen LogP contribution in [0.5, 0.6) is 0 Å². The Kier molecular flexibility index (Phi) is 6.06. The SMILES string of the molecule is Cc1cc(C)n(CCN(C)C(=O)CCc2nnc(C3CCCCC3)o2)n1. The Morgan fingerprint density at radius 2 is 2.04 bits per heavy atom. The summed E-state index contributed by atoms with van der Waals surface area (Å²) in [7, 11) is 1.83. The summed E-state index contributed by atoms with van der Waals surface area (Å²) in [5.74, 6) is 1.82. The second-order valence-electron chi connectivity index (χ2n) is 7.33. The van der Waals surface area contributed by atoms with Gasteiger partial charge in [-0.05, 0) is 32.8 Å². The maximum absolute atomic E-state index is 12.3. The Bertz CT molecular complexity index is 730. The third-order valence-electron chi connectivity index (χ3n) is 5.17. The van der Waals surface area contributed by atoms with Gasteiger partial charge in [0.1, 0.15) is 0 Å². The second-order valence-corrected chi connectivity index (χ2v) is 7.33. The molecule has 0 N–H and O–H groups in total. The van der Waals surface area contributed by atoms with E-state index in [2.05, 4.69) is 15.3 Å². The molecular formula is C19H29N5O2. The van der Waals surface area contributed by atoms with Crippen molar-refractivity contribution in [3.8, 4) is 0 Å². The molecular weight excluding hydrogens is 330 g/mol. The summed E-state index contributed by atoms with van der Waals surface area (Å²) >= 11 is 0. The van der Waals surface area contributed by atoms with E-state index in [1.54, 1.807) is 4.90 Å². The molecule has 0 aromatic carbocycles. The Hall–Kier alpha value is -2.18. The number of rotatable bonds is 7. The average molecular weight is 359 g/mol. The van der Waals surface area contributed by atoms with Crippen molar-refractivity contribution in [3.05, 3.63) is 29.2 Å². The largest absolute Gasteiger partial charge is 0.425 e. The standard InChI is InChI=1S/C19H29N5O2/c1-14-13-15(2)24(22-14)12-11-23(3)18(25)10-9-17-20-21-19(26-17)16-7-5-4-6-8-16/h13,16H,4-12H2,1-3H3. The molecule has 1 saturated carbocycles. The molecule has 2 heterocycles. The fourth-order valence-corrected chi connectivity index (χ4v) is 3.56. The van der Waals surface area contributed by atoms with Crippen LogP contribution in [0.2, 0.25) is 0 Å². The molecule has 0 spiro atoms. The van der Waals surface area contributed by atoms with Crippen LogP contribution >= 0.6 is 0 Å². The number of amides is 1. The summed E-state index contributed by atoms with van der Waals surface area (Å²) in [5, 5.41) is 12.8. The van der Waals surface area contributed by atoms with Crippen LogP contribution in [0, 0.1) is 13.8 Å². The number of nitrogens with zero attached hydrogens (tertiary/aromatic N) is 5. The molecule has 0 unspecified atom stereocenters. The number of carbonyl (C=O) groups excluding carboxylic acids is 1. The topological polar surface area (TPSA) is 77.0 Å². The van der Waals surface area contributed by atoms with Gasteiger partial charge < -0.3 is 9.32 Å². The predicted molar refractivity (Wildman–Crippen MR) is 97.8 cm³/mol. The summed E-state index contributed by atoms with van der Waals surface area (Å²) in [4.78, 5) is 14.1. The molecule has 1 amide bonds. The number of aryl methyl sites for hydroxylation is 3. The van der Waals surface area contributed by atoms with Gasteiger partial charge in [-0.25, -0.2) is 0 Å². The third kappa shape index (κ3) is 4.71. The number of aromatic nitrogens is 4. The zero-order chi connectivity index (χ0) is 18.5. The van der Waals surface area contributed by atoms with Crippen molar-refractivity contribution < 1.29 is 9.21 Å². The summed E-state index contributed by atoms with van der Waals surface area (Å²) < 4.78 is 7.73. The van der Waals surface area contributed by atoms with E-state index in [4.69, 9.17) is 4.42 Å². The van der Waals surface area contributed by atoms with Crippen LogP contribution in [-0.2, 0) is 17.8 Å². The van der Waals surface area contributed by atoms with Crippen LogP contribution in [0.25, 0.3) is 0 Å². The molecule has 1 aliphatic carbocycles.